The summed E-state index contributed by atoms with van der Waals surface area (Å²) in [6.07, 6.45) is 2.34. The van der Waals surface area contributed by atoms with Gasteiger partial charge in [-0.15, -0.1) is 0 Å². The lowest BCUT2D eigenvalue weighted by Gasteiger charge is -2.35. The van der Waals surface area contributed by atoms with Crippen LogP contribution in [0.25, 0.3) is 0 Å². The predicted octanol–water partition coefficient (Wildman–Crippen LogP) is 1.71. The molecule has 0 aliphatic carbocycles. The van der Waals surface area contributed by atoms with Crippen molar-refractivity contribution in [2.45, 2.75) is 25.7 Å². The van der Waals surface area contributed by atoms with Gasteiger partial charge in [0.15, 0.2) is 5.69 Å². The summed E-state index contributed by atoms with van der Waals surface area (Å²) in [7, 11) is 0. The molecule has 0 saturated carbocycles. The van der Waals surface area contributed by atoms with Gasteiger partial charge in [-0.1, -0.05) is 0 Å². The van der Waals surface area contributed by atoms with Crippen molar-refractivity contribution in [2.75, 3.05) is 36.4 Å². The largest absolute Gasteiger partial charge is 0.423 e. The quantitative estimate of drug-likeness (QED) is 0.521. The van der Waals surface area contributed by atoms with E-state index in [9.17, 15) is 22.8 Å². The number of piperazine rings is 1. The summed E-state index contributed by atoms with van der Waals surface area (Å²) in [5, 5.41) is 16.8. The third kappa shape index (κ3) is 5.45. The molecule has 3 aromatic heterocycles. The second kappa shape index (κ2) is 10.1. The lowest BCUT2D eigenvalue weighted by atomic mass is 10.2. The third-order valence-corrected chi connectivity index (χ3v) is 5.67. The molecule has 36 heavy (non-hydrogen) atoms. The Hall–Kier alpha value is -4.41. The summed E-state index contributed by atoms with van der Waals surface area (Å²) in [5.74, 6) is 0.483. The molecule has 0 unspecified atom stereocenters. The van der Waals surface area contributed by atoms with E-state index in [1.807, 2.05) is 11.0 Å². The van der Waals surface area contributed by atoms with Crippen LogP contribution in [0.2, 0.25) is 0 Å². The number of amides is 1. The van der Waals surface area contributed by atoms with Gasteiger partial charge in [-0.3, -0.25) is 9.59 Å². The first-order valence-electron chi connectivity index (χ1n) is 11.0. The van der Waals surface area contributed by atoms with E-state index in [0.717, 1.165) is 6.20 Å². The highest BCUT2D eigenvalue weighted by atomic mass is 19.4. The summed E-state index contributed by atoms with van der Waals surface area (Å²) >= 11 is 0. The highest BCUT2D eigenvalue weighted by Crippen LogP contribution is 2.31. The predicted molar refractivity (Wildman–Crippen MR) is 122 cm³/mol. The summed E-state index contributed by atoms with van der Waals surface area (Å²) in [6.45, 7) is 3.97. The van der Waals surface area contributed by atoms with Gasteiger partial charge in [-0.25, -0.2) is 15.1 Å². The van der Waals surface area contributed by atoms with Gasteiger partial charge in [0.2, 0.25) is 0 Å². The Balaban J connectivity index is 1.34. The number of alkyl halides is 3. The zero-order valence-electron chi connectivity index (χ0n) is 19.2. The number of aromatic amines is 1. The number of carbonyl (C=O) groups excluding carboxylic acids is 1. The molecule has 1 aliphatic heterocycles. The number of aromatic nitrogens is 5. The van der Waals surface area contributed by atoms with Gasteiger partial charge < -0.3 is 19.7 Å². The molecule has 11 nitrogen and oxygen atoms in total. The Morgan fingerprint density at radius 2 is 1.97 bits per heavy atom. The smallest absolute Gasteiger partial charge is 0.379 e. The molecule has 0 aromatic carbocycles. The van der Waals surface area contributed by atoms with Crippen molar-refractivity contribution in [2.24, 2.45) is 0 Å². The maximum atomic E-state index is 13.3. The van der Waals surface area contributed by atoms with Crippen molar-refractivity contribution in [3.8, 4) is 6.07 Å². The summed E-state index contributed by atoms with van der Waals surface area (Å²) in [5.41, 5.74) is -2.37. The number of nitrogens with zero attached hydrogens (tertiary/aromatic N) is 7. The van der Waals surface area contributed by atoms with Gasteiger partial charge in [0.1, 0.15) is 17.5 Å². The second-order valence-corrected chi connectivity index (χ2v) is 8.28. The Morgan fingerprint density at radius 1 is 1.22 bits per heavy atom. The topological polar surface area (TPSA) is 136 Å². The van der Waals surface area contributed by atoms with Crippen LogP contribution >= 0.6 is 0 Å². The molecular formula is C22H22F3N9O2. The fraction of sp³-hybridized carbons (Fsp3) is 0.364. The second-order valence-electron chi connectivity index (χ2n) is 8.28. The number of halogens is 3. The first kappa shape index (κ1) is 24.7. The molecular weight excluding hydrogens is 479 g/mol. The van der Waals surface area contributed by atoms with Crippen molar-refractivity contribution in [1.29, 1.82) is 5.26 Å². The Morgan fingerprint density at radius 3 is 2.61 bits per heavy atom. The van der Waals surface area contributed by atoms with Gasteiger partial charge in [-0.2, -0.15) is 23.5 Å². The van der Waals surface area contributed by atoms with Gasteiger partial charge >= 0.3 is 6.18 Å². The van der Waals surface area contributed by atoms with Crippen molar-refractivity contribution < 1.29 is 18.0 Å². The van der Waals surface area contributed by atoms with Crippen LogP contribution in [-0.2, 0) is 12.7 Å². The maximum absolute atomic E-state index is 13.3. The monoisotopic (exact) mass is 501 g/mol. The molecule has 0 radical (unpaired) electrons. The zero-order valence-corrected chi connectivity index (χ0v) is 19.2. The van der Waals surface area contributed by atoms with Crippen LogP contribution in [0.1, 0.15) is 28.5 Å². The highest BCUT2D eigenvalue weighted by molar-refractivity contribution is 5.94. The van der Waals surface area contributed by atoms with Gasteiger partial charge in [-0.05, 0) is 13.0 Å². The van der Waals surface area contributed by atoms with E-state index in [2.05, 4.69) is 20.4 Å². The minimum atomic E-state index is -4.83. The Kier molecular flexibility index (Phi) is 6.91. The lowest BCUT2D eigenvalue weighted by molar-refractivity contribution is -0.138. The number of hydrogen-bond donors (Lipinski definition) is 2. The average molecular weight is 501 g/mol. The van der Waals surface area contributed by atoms with E-state index in [0.29, 0.717) is 37.6 Å². The number of anilines is 2. The van der Waals surface area contributed by atoms with Crippen LogP contribution in [-0.4, -0.2) is 67.8 Å². The summed E-state index contributed by atoms with van der Waals surface area (Å²) in [6, 6.07) is 3.08. The number of rotatable bonds is 6. The molecule has 0 bridgehead atoms. The lowest BCUT2D eigenvalue weighted by Crippen LogP contribution is -2.49. The summed E-state index contributed by atoms with van der Waals surface area (Å²) in [4.78, 5) is 36.5. The molecule has 188 valence electrons. The van der Waals surface area contributed by atoms with Crippen molar-refractivity contribution in [3.05, 3.63) is 64.2 Å². The van der Waals surface area contributed by atoms with Crippen LogP contribution in [0.4, 0.5) is 24.7 Å². The minimum Gasteiger partial charge on any atom is -0.379 e. The molecule has 14 heteroatoms. The van der Waals surface area contributed by atoms with E-state index in [4.69, 9.17) is 5.26 Å². The molecule has 4 rings (SSSR count). The van der Waals surface area contributed by atoms with Gasteiger partial charge in [0.05, 0.1) is 29.8 Å². The normalized spacial score (nSPS) is 14.9. The van der Waals surface area contributed by atoms with Crippen LogP contribution in [0, 0.1) is 11.3 Å². The van der Waals surface area contributed by atoms with Crippen LogP contribution < -0.4 is 15.8 Å². The molecule has 1 amide bonds. The molecule has 1 aliphatic rings. The van der Waals surface area contributed by atoms with E-state index in [1.54, 1.807) is 39.9 Å². The van der Waals surface area contributed by atoms with E-state index < -0.39 is 29.0 Å². The number of hydrogen-bond acceptors (Lipinski definition) is 8. The van der Waals surface area contributed by atoms with Crippen molar-refractivity contribution in [1.82, 2.24) is 29.6 Å². The third-order valence-electron chi connectivity index (χ3n) is 5.67. The first-order valence-corrected chi connectivity index (χ1v) is 11.0. The van der Waals surface area contributed by atoms with E-state index in [1.165, 1.54) is 12.4 Å². The zero-order chi connectivity index (χ0) is 25.9. The van der Waals surface area contributed by atoms with Crippen molar-refractivity contribution in [3.63, 3.8) is 0 Å². The van der Waals surface area contributed by atoms with Crippen LogP contribution in [0.3, 0.4) is 0 Å². The fourth-order valence-electron chi connectivity index (χ4n) is 3.96. The molecule has 0 spiro atoms. The van der Waals surface area contributed by atoms with Crippen molar-refractivity contribution >= 4 is 17.4 Å². The summed E-state index contributed by atoms with van der Waals surface area (Å²) < 4.78 is 41.4. The van der Waals surface area contributed by atoms with E-state index in [-0.39, 0.29) is 18.1 Å². The SMILES string of the molecule is C[C@@H](Cn1ccc(C(=O)N2CCN(c3cnc(C#N)cn3)CC2)c1)Nc1cn[nH]c(=O)c1C(F)(F)F. The minimum absolute atomic E-state index is 0.155. The molecule has 3 aromatic rings. The maximum Gasteiger partial charge on any atom is 0.423 e. The highest BCUT2D eigenvalue weighted by Gasteiger charge is 2.37. The van der Waals surface area contributed by atoms with Gasteiger partial charge in [0.25, 0.3) is 11.5 Å². The van der Waals surface area contributed by atoms with Crippen LogP contribution in [0.15, 0.2) is 41.8 Å². The first-order chi connectivity index (χ1) is 17.2. The number of nitrogens with one attached hydrogen (secondary N) is 2. The molecule has 1 fully saturated rings. The Labute approximate surface area is 203 Å². The fourth-order valence-corrected chi connectivity index (χ4v) is 3.96. The number of H-pyrrole nitrogens is 1. The van der Waals surface area contributed by atoms with E-state index >= 15 is 0 Å². The molecule has 2 N–H and O–H groups in total. The van der Waals surface area contributed by atoms with Gasteiger partial charge in [0, 0.05) is 51.2 Å². The van der Waals surface area contributed by atoms with Crippen LogP contribution in [0.5, 0.6) is 0 Å². The standard InChI is InChI=1S/C22H22F3N9O2/c1-14(30-17-10-29-31-20(35)19(17)22(23,24)25)12-32-3-2-15(13-32)21(36)34-6-4-33(5-7-34)18-11-27-16(8-26)9-28-18/h2-3,9-11,13-14H,4-7,12H2,1H3,(H2,30,31,35)/t14-/m0/s1. The number of nitriles is 1. The molecule has 4 heterocycles. The Bertz CT molecular complexity index is 1320. The molecule has 1 atom stereocenters. The molecule has 1 saturated heterocycles. The average Bonchev–Trinajstić information content (AvgIpc) is 3.31. The number of carbonyl (C=O) groups is 1.